The lowest BCUT2D eigenvalue weighted by molar-refractivity contribution is -0.286. The Morgan fingerprint density at radius 3 is 2.17 bits per heavy atom. The molecule has 12 heavy (non-hydrogen) atoms. The molecule has 72 valence electrons. The Hall–Kier alpha value is -0.240. The smallest absolute Gasteiger partial charge is 0.184 e. The minimum absolute atomic E-state index is 1.73. The lowest BCUT2D eigenvalue weighted by Crippen LogP contribution is -2.58. The second-order valence-corrected chi connectivity index (χ2v) is 2.55. The van der Waals surface area contributed by atoms with Crippen LogP contribution in [0.1, 0.15) is 2.74 Å². The van der Waals surface area contributed by atoms with Gasteiger partial charge in [-0.2, -0.15) is 0 Å². The third-order valence-electron chi connectivity index (χ3n) is 1.72. The molecule has 0 aliphatic carbocycles. The standard InChI is InChI=1S/C6H12O6/c7-1-2-3(8)4(9)5(10)6(11)12-2/h2-11H,1H2/t2-,3-,4+,5-,6?/m1/s1/i1D2. The second-order valence-electron chi connectivity index (χ2n) is 2.55. The lowest BCUT2D eigenvalue weighted by atomic mass is 10.00. The first-order valence-electron chi connectivity index (χ1n) is 4.35. The number of rotatable bonds is 1. The van der Waals surface area contributed by atoms with Gasteiger partial charge in [-0.15, -0.1) is 0 Å². The molecule has 0 aromatic rings. The molecule has 0 bridgehead atoms. The normalized spacial score (nSPS) is 52.9. The Labute approximate surface area is 71.5 Å². The fraction of sp³-hybridized carbons (Fsp3) is 1.00. The molecule has 1 unspecified atom stereocenters. The summed E-state index contributed by atoms with van der Waals surface area (Å²) < 4.78 is 18.1. The zero-order chi connectivity index (χ0) is 11.1. The highest BCUT2D eigenvalue weighted by atomic mass is 16.6. The average Bonchev–Trinajstić information content (AvgIpc) is 2.06. The topological polar surface area (TPSA) is 110 Å². The molecule has 0 aromatic heterocycles. The number of hydrogen-bond acceptors (Lipinski definition) is 6. The zero-order valence-electron chi connectivity index (χ0n) is 8.03. The van der Waals surface area contributed by atoms with Gasteiger partial charge in [0.1, 0.15) is 24.4 Å². The quantitative estimate of drug-likeness (QED) is 0.292. The van der Waals surface area contributed by atoms with Crippen LogP contribution in [0.3, 0.4) is 0 Å². The Morgan fingerprint density at radius 2 is 1.67 bits per heavy atom. The Morgan fingerprint density at radius 1 is 1.08 bits per heavy atom. The summed E-state index contributed by atoms with van der Waals surface area (Å²) in [6.45, 7) is -2.92. The lowest BCUT2D eigenvalue weighted by Gasteiger charge is -2.37. The zero-order valence-corrected chi connectivity index (χ0v) is 6.03. The van der Waals surface area contributed by atoms with Crippen molar-refractivity contribution < 1.29 is 33.0 Å². The molecule has 1 rings (SSSR count). The van der Waals surface area contributed by atoms with Gasteiger partial charge in [0.2, 0.25) is 0 Å². The molecule has 5 atom stereocenters. The third-order valence-corrected chi connectivity index (χ3v) is 1.72. The van der Waals surface area contributed by atoms with E-state index < -0.39 is 37.3 Å². The van der Waals surface area contributed by atoms with E-state index in [4.69, 9.17) is 23.2 Å². The van der Waals surface area contributed by atoms with Crippen molar-refractivity contribution >= 4 is 0 Å². The van der Waals surface area contributed by atoms with Gasteiger partial charge < -0.3 is 30.3 Å². The van der Waals surface area contributed by atoms with E-state index in [1.165, 1.54) is 0 Å². The van der Waals surface area contributed by atoms with Crippen LogP contribution in [-0.4, -0.2) is 62.8 Å². The number of ether oxygens (including phenoxy) is 1. The molecular weight excluding hydrogens is 168 g/mol. The predicted octanol–water partition coefficient (Wildman–Crippen LogP) is -3.22. The van der Waals surface area contributed by atoms with Crippen LogP contribution in [0.2, 0.25) is 0 Å². The monoisotopic (exact) mass is 182 g/mol. The van der Waals surface area contributed by atoms with E-state index in [9.17, 15) is 5.11 Å². The van der Waals surface area contributed by atoms with Crippen LogP contribution < -0.4 is 0 Å². The molecule has 0 radical (unpaired) electrons. The van der Waals surface area contributed by atoms with E-state index in [0.29, 0.717) is 0 Å². The van der Waals surface area contributed by atoms with Gasteiger partial charge in [-0.25, -0.2) is 0 Å². The molecule has 0 amide bonds. The second kappa shape index (κ2) is 3.65. The molecule has 1 aliphatic rings. The number of hydrogen-bond donors (Lipinski definition) is 5. The van der Waals surface area contributed by atoms with Crippen LogP contribution in [-0.2, 0) is 4.74 Å². The molecule has 0 aromatic carbocycles. The van der Waals surface area contributed by atoms with E-state index in [1.54, 1.807) is 0 Å². The van der Waals surface area contributed by atoms with Gasteiger partial charge in [-0.3, -0.25) is 0 Å². The number of aliphatic hydroxyl groups is 5. The van der Waals surface area contributed by atoms with Crippen LogP contribution in [0.5, 0.6) is 0 Å². The predicted molar refractivity (Wildman–Crippen MR) is 36.0 cm³/mol. The maximum absolute atomic E-state index is 9.22. The summed E-state index contributed by atoms with van der Waals surface area (Å²) in [5.41, 5.74) is 0. The minimum Gasteiger partial charge on any atom is -0.394 e. The van der Waals surface area contributed by atoms with E-state index in [-0.39, 0.29) is 0 Å². The van der Waals surface area contributed by atoms with Crippen LogP contribution in [0.25, 0.3) is 0 Å². The number of aliphatic hydroxyl groups excluding tert-OH is 4. The van der Waals surface area contributed by atoms with Crippen LogP contribution >= 0.6 is 0 Å². The molecular formula is C6H12O6. The minimum atomic E-state index is -2.92. The first kappa shape index (κ1) is 7.19. The highest BCUT2D eigenvalue weighted by molar-refractivity contribution is 4.87. The van der Waals surface area contributed by atoms with Gasteiger partial charge in [-0.1, -0.05) is 0 Å². The summed E-state index contributed by atoms with van der Waals surface area (Å²) in [7, 11) is 0. The molecule has 0 spiro atoms. The van der Waals surface area contributed by atoms with E-state index in [0.717, 1.165) is 0 Å². The summed E-state index contributed by atoms with van der Waals surface area (Å²) >= 11 is 0. The van der Waals surface area contributed by atoms with Gasteiger partial charge in [0.25, 0.3) is 0 Å². The Kier molecular flexibility index (Phi) is 2.19. The van der Waals surface area contributed by atoms with Crippen molar-refractivity contribution in [2.45, 2.75) is 30.7 Å². The van der Waals surface area contributed by atoms with Gasteiger partial charge in [0.05, 0.1) is 9.30 Å². The average molecular weight is 182 g/mol. The van der Waals surface area contributed by atoms with Crippen molar-refractivity contribution in [1.29, 1.82) is 0 Å². The highest BCUT2D eigenvalue weighted by Gasteiger charge is 2.42. The maximum Gasteiger partial charge on any atom is 0.184 e. The first-order valence-corrected chi connectivity index (χ1v) is 3.35. The van der Waals surface area contributed by atoms with Crippen molar-refractivity contribution in [3.8, 4) is 0 Å². The highest BCUT2D eigenvalue weighted by Crippen LogP contribution is 2.18. The Balaban J connectivity index is 2.81. The van der Waals surface area contributed by atoms with E-state index in [1.807, 2.05) is 0 Å². The van der Waals surface area contributed by atoms with Crippen molar-refractivity contribution in [2.24, 2.45) is 0 Å². The van der Waals surface area contributed by atoms with Crippen LogP contribution in [0.4, 0.5) is 0 Å². The van der Waals surface area contributed by atoms with Crippen molar-refractivity contribution in [3.05, 3.63) is 0 Å². The molecule has 1 heterocycles. The van der Waals surface area contributed by atoms with Gasteiger partial charge in [-0.05, 0) is 0 Å². The van der Waals surface area contributed by atoms with Gasteiger partial charge in [0.15, 0.2) is 6.29 Å². The van der Waals surface area contributed by atoms with Gasteiger partial charge in [0, 0.05) is 0 Å². The summed E-state index contributed by atoms with van der Waals surface area (Å²) in [6.07, 6.45) is -8.97. The van der Waals surface area contributed by atoms with Crippen molar-refractivity contribution in [2.75, 3.05) is 6.56 Å². The van der Waals surface area contributed by atoms with E-state index >= 15 is 0 Å². The van der Waals surface area contributed by atoms with Crippen LogP contribution in [0.15, 0.2) is 0 Å². The summed E-state index contributed by atoms with van der Waals surface area (Å²) in [4.78, 5) is 0. The molecule has 1 saturated heterocycles. The fourth-order valence-corrected chi connectivity index (χ4v) is 0.968. The van der Waals surface area contributed by atoms with Crippen molar-refractivity contribution in [1.82, 2.24) is 0 Å². The molecule has 0 saturated carbocycles. The third kappa shape index (κ3) is 1.58. The largest absolute Gasteiger partial charge is 0.394 e. The summed E-state index contributed by atoms with van der Waals surface area (Å²) in [5.74, 6) is 0. The first-order chi connectivity index (χ1) is 6.25. The van der Waals surface area contributed by atoms with Crippen LogP contribution in [0, 0.1) is 0 Å². The SMILES string of the molecule is [2H]C([2H])(O)[C@H]1OC(O)[C@H](O)[C@@H](O)[C@@H]1O. The van der Waals surface area contributed by atoms with E-state index in [2.05, 4.69) is 4.74 Å². The van der Waals surface area contributed by atoms with Gasteiger partial charge >= 0.3 is 0 Å². The molecule has 5 N–H and O–H groups in total. The maximum atomic E-state index is 9.22. The molecule has 1 aliphatic heterocycles. The molecule has 6 heteroatoms. The summed E-state index contributed by atoms with van der Waals surface area (Å²) in [5, 5.41) is 45.2. The summed E-state index contributed by atoms with van der Waals surface area (Å²) in [6, 6.07) is 0. The molecule has 6 nitrogen and oxygen atoms in total. The van der Waals surface area contributed by atoms with Crippen molar-refractivity contribution in [3.63, 3.8) is 0 Å². The molecule has 1 fully saturated rings. The fourth-order valence-electron chi connectivity index (χ4n) is 0.968. The Bertz CT molecular complexity index is 207.